The highest BCUT2D eigenvalue weighted by molar-refractivity contribution is 6.52. The molecule has 5 heterocycles. The van der Waals surface area contributed by atoms with Crippen molar-refractivity contribution in [1.29, 1.82) is 0 Å². The molecule has 5 rings (SSSR count). The lowest BCUT2D eigenvalue weighted by Gasteiger charge is -2.11. The highest BCUT2D eigenvalue weighted by Crippen LogP contribution is 2.40. The Kier molecular flexibility index (Phi) is 8.77. The number of aliphatic hydroxyl groups excluding tert-OH is 1. The standard InChI is InChI=1S/C37H46N4O2/c1-9-20-21(10-2)30-18-32-23(12-4)25(14-6)35(40-32)37(43)36-27(16-8)26(15-7)34(41-36)28(19-42)33-24(13-5)22(11-3)31(39-33)17-29(20)38-30/h17-19,38,41-42H,9-16H2,1-8H3/b28-19-,31-17?,32-18?. The molecule has 3 aliphatic rings. The van der Waals surface area contributed by atoms with Crippen LogP contribution in [0.1, 0.15) is 131 Å². The van der Waals surface area contributed by atoms with Crippen LogP contribution in [-0.4, -0.2) is 32.3 Å². The third-order valence-corrected chi connectivity index (χ3v) is 9.37. The summed E-state index contributed by atoms with van der Waals surface area (Å²) in [5.41, 5.74) is 16.3. The number of aliphatic imine (C=N–C) groups is 2. The molecule has 0 atom stereocenters. The minimum Gasteiger partial charge on any atom is -0.515 e. The summed E-state index contributed by atoms with van der Waals surface area (Å²) in [6.07, 6.45) is 11.9. The van der Waals surface area contributed by atoms with Gasteiger partial charge in [-0.15, -0.1) is 0 Å². The molecular formula is C37H46N4O2. The molecule has 0 saturated heterocycles. The van der Waals surface area contributed by atoms with Gasteiger partial charge in [-0.1, -0.05) is 55.4 Å². The predicted octanol–water partition coefficient (Wildman–Crippen LogP) is 9.21. The zero-order valence-corrected chi connectivity index (χ0v) is 27.1. The maximum atomic E-state index is 14.5. The Morgan fingerprint density at radius 3 is 1.47 bits per heavy atom. The number of hydrogen-bond donors (Lipinski definition) is 3. The first-order valence-corrected chi connectivity index (χ1v) is 16.3. The van der Waals surface area contributed by atoms with Crippen molar-refractivity contribution in [2.24, 2.45) is 9.98 Å². The molecular weight excluding hydrogens is 532 g/mol. The Morgan fingerprint density at radius 2 is 1.02 bits per heavy atom. The van der Waals surface area contributed by atoms with Gasteiger partial charge in [0.25, 0.3) is 0 Å². The van der Waals surface area contributed by atoms with Crippen LogP contribution in [-0.2, 0) is 25.7 Å². The fourth-order valence-corrected chi connectivity index (χ4v) is 7.40. The van der Waals surface area contributed by atoms with E-state index in [1.807, 2.05) is 0 Å². The number of fused-ring (bicyclic) bond motifs is 6. The molecule has 0 aliphatic carbocycles. The van der Waals surface area contributed by atoms with E-state index >= 15 is 0 Å². The minimum absolute atomic E-state index is 0.0834. The van der Waals surface area contributed by atoms with E-state index in [0.717, 1.165) is 107 Å². The van der Waals surface area contributed by atoms with E-state index < -0.39 is 0 Å². The molecule has 0 unspecified atom stereocenters. The van der Waals surface area contributed by atoms with Gasteiger partial charge in [0, 0.05) is 11.4 Å². The smallest absolute Gasteiger partial charge is 0.228 e. The van der Waals surface area contributed by atoms with Crippen molar-refractivity contribution in [3.63, 3.8) is 0 Å². The number of ketones is 1. The molecule has 43 heavy (non-hydrogen) atoms. The van der Waals surface area contributed by atoms with Crippen LogP contribution in [0, 0.1) is 0 Å². The predicted molar refractivity (Wildman–Crippen MR) is 180 cm³/mol. The van der Waals surface area contributed by atoms with Crippen molar-refractivity contribution in [3.8, 4) is 0 Å². The number of carbonyl (C=O) groups is 1. The van der Waals surface area contributed by atoms with Gasteiger partial charge in [0.1, 0.15) is 5.71 Å². The van der Waals surface area contributed by atoms with Crippen LogP contribution >= 0.6 is 0 Å². The monoisotopic (exact) mass is 578 g/mol. The maximum absolute atomic E-state index is 14.5. The molecule has 6 heteroatoms. The summed E-state index contributed by atoms with van der Waals surface area (Å²) in [6, 6.07) is 0. The summed E-state index contributed by atoms with van der Waals surface area (Å²) < 4.78 is 0. The zero-order valence-electron chi connectivity index (χ0n) is 27.1. The van der Waals surface area contributed by atoms with Gasteiger partial charge in [-0.2, -0.15) is 0 Å². The van der Waals surface area contributed by atoms with Crippen LogP contribution in [0.25, 0.3) is 17.7 Å². The Hall–Kier alpha value is -3.93. The zero-order chi connectivity index (χ0) is 31.0. The number of rotatable bonds is 8. The molecule has 0 radical (unpaired) electrons. The second kappa shape index (κ2) is 12.4. The summed E-state index contributed by atoms with van der Waals surface area (Å²) in [4.78, 5) is 32.0. The molecule has 3 aliphatic heterocycles. The number of nitrogens with zero attached hydrogens (tertiary/aromatic N) is 2. The minimum atomic E-state index is -0.0834. The highest BCUT2D eigenvalue weighted by atomic mass is 16.2. The van der Waals surface area contributed by atoms with Crippen molar-refractivity contribution in [2.75, 3.05) is 0 Å². The first kappa shape index (κ1) is 30.5. The highest BCUT2D eigenvalue weighted by Gasteiger charge is 2.34. The molecule has 3 N–H and O–H groups in total. The molecule has 2 aromatic heterocycles. The number of aromatic nitrogens is 2. The van der Waals surface area contributed by atoms with Gasteiger partial charge in [0.2, 0.25) is 5.78 Å². The number of allylic oxidation sites excluding steroid dienone is 5. The normalized spacial score (nSPS) is 17.7. The summed E-state index contributed by atoms with van der Waals surface area (Å²) in [5.74, 6) is -0.0834. The number of carbonyl (C=O) groups excluding carboxylic acids is 1. The third-order valence-electron chi connectivity index (χ3n) is 9.37. The first-order chi connectivity index (χ1) is 20.8. The van der Waals surface area contributed by atoms with Crippen LogP contribution in [0.5, 0.6) is 0 Å². The fourth-order valence-electron chi connectivity index (χ4n) is 7.40. The summed E-state index contributed by atoms with van der Waals surface area (Å²) in [6.45, 7) is 17.2. The summed E-state index contributed by atoms with van der Waals surface area (Å²) >= 11 is 0. The Balaban J connectivity index is 1.92. The number of H-pyrrole nitrogens is 2. The van der Waals surface area contributed by atoms with E-state index in [1.54, 1.807) is 0 Å². The number of aromatic amines is 2. The van der Waals surface area contributed by atoms with E-state index in [9.17, 15) is 9.90 Å². The Morgan fingerprint density at radius 1 is 0.581 bits per heavy atom. The molecule has 226 valence electrons. The third kappa shape index (κ3) is 4.75. The average molecular weight is 579 g/mol. The molecule has 0 saturated carbocycles. The largest absolute Gasteiger partial charge is 0.515 e. The van der Waals surface area contributed by atoms with Crippen LogP contribution in [0.4, 0.5) is 0 Å². The topological polar surface area (TPSA) is 93.6 Å². The second-order valence-corrected chi connectivity index (χ2v) is 11.3. The van der Waals surface area contributed by atoms with E-state index in [-0.39, 0.29) is 5.78 Å². The van der Waals surface area contributed by atoms with Gasteiger partial charge in [-0.3, -0.25) is 4.79 Å². The number of hydrogen-bond acceptors (Lipinski definition) is 4. The maximum Gasteiger partial charge on any atom is 0.228 e. The fraction of sp³-hybridized carbons (Fsp3) is 0.432. The van der Waals surface area contributed by atoms with Crippen molar-refractivity contribution >= 4 is 34.9 Å². The van der Waals surface area contributed by atoms with Crippen molar-refractivity contribution in [3.05, 3.63) is 85.0 Å². The van der Waals surface area contributed by atoms with E-state index in [0.29, 0.717) is 23.4 Å². The van der Waals surface area contributed by atoms with Gasteiger partial charge < -0.3 is 15.1 Å². The van der Waals surface area contributed by atoms with Gasteiger partial charge in [-0.05, 0) is 108 Å². The number of aliphatic hydroxyl groups is 1. The Labute approximate surface area is 256 Å². The van der Waals surface area contributed by atoms with E-state index in [2.05, 4.69) is 77.5 Å². The van der Waals surface area contributed by atoms with Crippen molar-refractivity contribution in [1.82, 2.24) is 9.97 Å². The molecule has 8 bridgehead atoms. The van der Waals surface area contributed by atoms with Crippen LogP contribution in [0.3, 0.4) is 0 Å². The molecule has 0 fully saturated rings. The number of Topliss-reactive ketones (excluding diaryl/α,β-unsaturated/α-hetero) is 1. The second-order valence-electron chi connectivity index (χ2n) is 11.3. The first-order valence-electron chi connectivity index (χ1n) is 16.3. The van der Waals surface area contributed by atoms with Crippen molar-refractivity contribution < 1.29 is 9.90 Å². The van der Waals surface area contributed by atoms with Crippen LogP contribution < -0.4 is 0 Å². The van der Waals surface area contributed by atoms with Crippen LogP contribution in [0.15, 0.2) is 49.9 Å². The molecule has 0 amide bonds. The van der Waals surface area contributed by atoms with Gasteiger partial charge >= 0.3 is 0 Å². The van der Waals surface area contributed by atoms with E-state index in [1.165, 1.54) is 23.0 Å². The Bertz CT molecular complexity index is 1710. The molecule has 0 aromatic carbocycles. The lowest BCUT2D eigenvalue weighted by atomic mass is 9.91. The SMILES string of the molecule is CCC1=C(CC)C2=NC1=Cc1[nH]c(c(CC)c1CC)C=C1N=C(C(CC)=C1CC)/C(=C/O)c1[nH]c(c(CC)c1CC)C2=O. The van der Waals surface area contributed by atoms with Gasteiger partial charge in [0.15, 0.2) is 0 Å². The number of nitrogens with one attached hydrogen (secondary N) is 2. The van der Waals surface area contributed by atoms with E-state index in [4.69, 9.17) is 9.98 Å². The lowest BCUT2D eigenvalue weighted by Crippen LogP contribution is -2.17. The molecule has 0 spiro atoms. The van der Waals surface area contributed by atoms with Gasteiger partial charge in [0.05, 0.1) is 40.3 Å². The summed E-state index contributed by atoms with van der Waals surface area (Å²) in [5, 5.41) is 10.8. The van der Waals surface area contributed by atoms with Gasteiger partial charge in [-0.25, -0.2) is 9.98 Å². The lowest BCUT2D eigenvalue weighted by molar-refractivity contribution is 0.106. The van der Waals surface area contributed by atoms with Crippen LogP contribution in [0.2, 0.25) is 0 Å². The average Bonchev–Trinajstić information content (AvgIpc) is 3.76. The quantitative estimate of drug-likeness (QED) is 0.272. The molecule has 6 nitrogen and oxygen atoms in total. The molecule has 2 aromatic rings. The summed E-state index contributed by atoms with van der Waals surface area (Å²) in [7, 11) is 0. The van der Waals surface area contributed by atoms with Crippen molar-refractivity contribution in [2.45, 2.75) is 107 Å².